The van der Waals surface area contributed by atoms with E-state index in [1.54, 1.807) is 17.0 Å². The maximum absolute atomic E-state index is 12.6. The lowest BCUT2D eigenvalue weighted by Crippen LogP contribution is -2.27. The minimum Gasteiger partial charge on any atom is -0.376 e. The first kappa shape index (κ1) is 14.8. The van der Waals surface area contributed by atoms with E-state index in [4.69, 9.17) is 4.74 Å². The maximum Gasteiger partial charge on any atom is 0.297 e. The molecule has 1 aliphatic heterocycles. The summed E-state index contributed by atoms with van der Waals surface area (Å²) in [5.41, 5.74) is 3.09. The fourth-order valence-electron chi connectivity index (χ4n) is 2.63. The molecule has 5 heteroatoms. The summed E-state index contributed by atoms with van der Waals surface area (Å²) in [6.45, 7) is 5.53. The van der Waals surface area contributed by atoms with Crippen molar-refractivity contribution in [3.8, 4) is 5.69 Å². The standard InChI is InChI=1S/C17H21N3O2/c1-12-5-6-14(10-13(12)2)20-8-7-18-16(17(20)21)19-11-15-4-3-9-22-15/h5-8,10,15H,3-4,9,11H2,1-2H3,(H,18,19). The third-order valence-corrected chi connectivity index (χ3v) is 4.13. The van der Waals surface area contributed by atoms with Crippen LogP contribution in [0.25, 0.3) is 5.69 Å². The van der Waals surface area contributed by atoms with Crippen molar-refractivity contribution in [2.24, 2.45) is 0 Å². The first-order chi connectivity index (χ1) is 10.6. The quantitative estimate of drug-likeness (QED) is 0.942. The Kier molecular flexibility index (Phi) is 4.24. The molecule has 1 aliphatic rings. The fourth-order valence-corrected chi connectivity index (χ4v) is 2.63. The number of rotatable bonds is 4. The van der Waals surface area contributed by atoms with Gasteiger partial charge in [0, 0.05) is 31.2 Å². The van der Waals surface area contributed by atoms with Gasteiger partial charge in [-0.1, -0.05) is 6.07 Å². The van der Waals surface area contributed by atoms with Gasteiger partial charge in [-0.15, -0.1) is 0 Å². The third-order valence-electron chi connectivity index (χ3n) is 4.13. The summed E-state index contributed by atoms with van der Waals surface area (Å²) in [4.78, 5) is 16.7. The zero-order valence-corrected chi connectivity index (χ0v) is 13.0. The highest BCUT2D eigenvalue weighted by Crippen LogP contribution is 2.14. The Balaban J connectivity index is 1.84. The van der Waals surface area contributed by atoms with Crippen LogP contribution < -0.4 is 10.9 Å². The fraction of sp³-hybridized carbons (Fsp3) is 0.412. The molecule has 1 saturated heterocycles. The van der Waals surface area contributed by atoms with Crippen molar-refractivity contribution in [1.82, 2.24) is 9.55 Å². The molecule has 0 saturated carbocycles. The largest absolute Gasteiger partial charge is 0.376 e. The number of hydrogen-bond donors (Lipinski definition) is 1. The molecular formula is C17H21N3O2. The number of anilines is 1. The van der Waals surface area contributed by atoms with E-state index < -0.39 is 0 Å². The predicted octanol–water partition coefficient (Wildman–Crippen LogP) is 2.44. The van der Waals surface area contributed by atoms with E-state index in [1.165, 1.54) is 5.56 Å². The van der Waals surface area contributed by atoms with E-state index in [9.17, 15) is 4.79 Å². The van der Waals surface area contributed by atoms with Crippen LogP contribution in [-0.2, 0) is 4.74 Å². The molecular weight excluding hydrogens is 278 g/mol. The number of aromatic nitrogens is 2. The monoisotopic (exact) mass is 299 g/mol. The summed E-state index contributed by atoms with van der Waals surface area (Å²) in [5, 5.41) is 3.12. The van der Waals surface area contributed by atoms with E-state index in [0.29, 0.717) is 12.4 Å². The summed E-state index contributed by atoms with van der Waals surface area (Å²) < 4.78 is 7.18. The molecule has 116 valence electrons. The Morgan fingerprint density at radius 1 is 1.36 bits per heavy atom. The van der Waals surface area contributed by atoms with Gasteiger partial charge < -0.3 is 10.1 Å². The van der Waals surface area contributed by atoms with Gasteiger partial charge in [-0.2, -0.15) is 0 Å². The molecule has 2 heterocycles. The van der Waals surface area contributed by atoms with Gasteiger partial charge in [-0.25, -0.2) is 4.98 Å². The molecule has 3 rings (SSSR count). The Labute approximate surface area is 130 Å². The predicted molar refractivity (Wildman–Crippen MR) is 86.8 cm³/mol. The molecule has 0 amide bonds. The Bertz CT molecular complexity index is 718. The number of benzene rings is 1. The van der Waals surface area contributed by atoms with E-state index in [1.807, 2.05) is 25.1 Å². The van der Waals surface area contributed by atoms with Crippen LogP contribution in [0.4, 0.5) is 5.82 Å². The van der Waals surface area contributed by atoms with Gasteiger partial charge in [0.05, 0.1) is 6.10 Å². The van der Waals surface area contributed by atoms with Crippen LogP contribution in [0.2, 0.25) is 0 Å². The molecule has 0 aliphatic carbocycles. The molecule has 1 N–H and O–H groups in total. The van der Waals surface area contributed by atoms with Crippen molar-refractivity contribution in [2.45, 2.75) is 32.8 Å². The summed E-state index contributed by atoms with van der Waals surface area (Å²) in [5.74, 6) is 0.372. The van der Waals surface area contributed by atoms with E-state index in [0.717, 1.165) is 30.7 Å². The molecule has 1 fully saturated rings. The zero-order chi connectivity index (χ0) is 15.5. The van der Waals surface area contributed by atoms with Crippen LogP contribution in [0.3, 0.4) is 0 Å². The minimum absolute atomic E-state index is 0.135. The molecule has 1 unspecified atom stereocenters. The van der Waals surface area contributed by atoms with Crippen LogP contribution >= 0.6 is 0 Å². The van der Waals surface area contributed by atoms with E-state index in [2.05, 4.69) is 17.2 Å². The van der Waals surface area contributed by atoms with Gasteiger partial charge in [-0.3, -0.25) is 9.36 Å². The van der Waals surface area contributed by atoms with Crippen LogP contribution in [0.5, 0.6) is 0 Å². The molecule has 5 nitrogen and oxygen atoms in total. The topological polar surface area (TPSA) is 56.1 Å². The number of nitrogens with zero attached hydrogens (tertiary/aromatic N) is 2. The first-order valence-corrected chi connectivity index (χ1v) is 7.66. The Morgan fingerprint density at radius 2 is 2.23 bits per heavy atom. The number of hydrogen-bond acceptors (Lipinski definition) is 4. The maximum atomic E-state index is 12.6. The number of aryl methyl sites for hydroxylation is 2. The number of nitrogens with one attached hydrogen (secondary N) is 1. The normalized spacial score (nSPS) is 17.6. The Morgan fingerprint density at radius 3 is 2.95 bits per heavy atom. The van der Waals surface area contributed by atoms with Gasteiger partial charge in [0.15, 0.2) is 5.82 Å². The van der Waals surface area contributed by atoms with Crippen LogP contribution in [0.1, 0.15) is 24.0 Å². The van der Waals surface area contributed by atoms with Crippen molar-refractivity contribution in [3.63, 3.8) is 0 Å². The second kappa shape index (κ2) is 6.32. The lowest BCUT2D eigenvalue weighted by Gasteiger charge is -2.13. The molecule has 0 bridgehead atoms. The Hall–Kier alpha value is -2.14. The van der Waals surface area contributed by atoms with Gasteiger partial charge in [0.25, 0.3) is 5.56 Å². The van der Waals surface area contributed by atoms with Crippen LogP contribution in [0.15, 0.2) is 35.4 Å². The number of ether oxygens (including phenoxy) is 1. The molecule has 1 aromatic carbocycles. The van der Waals surface area contributed by atoms with Gasteiger partial charge in [0.2, 0.25) is 0 Å². The molecule has 1 aromatic heterocycles. The second-order valence-corrected chi connectivity index (χ2v) is 5.74. The highest BCUT2D eigenvalue weighted by Gasteiger charge is 2.16. The average Bonchev–Trinajstić information content (AvgIpc) is 3.02. The van der Waals surface area contributed by atoms with Crippen LogP contribution in [0, 0.1) is 13.8 Å². The lowest BCUT2D eigenvalue weighted by atomic mass is 10.1. The zero-order valence-electron chi connectivity index (χ0n) is 13.0. The SMILES string of the molecule is Cc1ccc(-n2ccnc(NCC3CCCO3)c2=O)cc1C. The third kappa shape index (κ3) is 3.04. The highest BCUT2D eigenvalue weighted by molar-refractivity contribution is 5.42. The lowest BCUT2D eigenvalue weighted by molar-refractivity contribution is 0.120. The van der Waals surface area contributed by atoms with Crippen molar-refractivity contribution in [3.05, 3.63) is 52.1 Å². The van der Waals surface area contributed by atoms with Crippen molar-refractivity contribution >= 4 is 5.82 Å². The van der Waals surface area contributed by atoms with Gasteiger partial charge in [0.1, 0.15) is 0 Å². The first-order valence-electron chi connectivity index (χ1n) is 7.66. The van der Waals surface area contributed by atoms with Gasteiger partial charge >= 0.3 is 0 Å². The summed E-state index contributed by atoms with van der Waals surface area (Å²) >= 11 is 0. The molecule has 2 aromatic rings. The second-order valence-electron chi connectivity index (χ2n) is 5.74. The van der Waals surface area contributed by atoms with E-state index in [-0.39, 0.29) is 11.7 Å². The van der Waals surface area contributed by atoms with Crippen LogP contribution in [-0.4, -0.2) is 28.8 Å². The van der Waals surface area contributed by atoms with Gasteiger partial charge in [-0.05, 0) is 49.9 Å². The minimum atomic E-state index is -0.135. The summed E-state index contributed by atoms with van der Waals surface area (Å²) in [7, 11) is 0. The average molecular weight is 299 g/mol. The molecule has 1 atom stereocenters. The smallest absolute Gasteiger partial charge is 0.297 e. The van der Waals surface area contributed by atoms with E-state index >= 15 is 0 Å². The summed E-state index contributed by atoms with van der Waals surface area (Å²) in [6, 6.07) is 5.99. The molecule has 0 radical (unpaired) electrons. The molecule has 22 heavy (non-hydrogen) atoms. The van der Waals surface area contributed by atoms with Crippen molar-refractivity contribution < 1.29 is 4.74 Å². The highest BCUT2D eigenvalue weighted by atomic mass is 16.5. The van der Waals surface area contributed by atoms with Crippen molar-refractivity contribution in [2.75, 3.05) is 18.5 Å². The summed E-state index contributed by atoms with van der Waals surface area (Å²) in [6.07, 6.45) is 5.64. The van der Waals surface area contributed by atoms with Crippen molar-refractivity contribution in [1.29, 1.82) is 0 Å². The molecule has 0 spiro atoms.